The third kappa shape index (κ3) is 0.920. The van der Waals surface area contributed by atoms with Crippen molar-refractivity contribution < 1.29 is 0 Å². The second-order valence-corrected chi connectivity index (χ2v) is 3.67. The molecule has 1 aliphatic heterocycles. The molecule has 0 aliphatic carbocycles. The number of nitriles is 1. The van der Waals surface area contributed by atoms with E-state index in [-0.39, 0.29) is 0 Å². The predicted molar refractivity (Wildman–Crippen MR) is 41.6 cm³/mol. The van der Waals surface area contributed by atoms with Crippen molar-refractivity contribution in [3.8, 4) is 6.19 Å². The zero-order valence-electron chi connectivity index (χ0n) is 6.26. The summed E-state index contributed by atoms with van der Waals surface area (Å²) in [6.07, 6.45) is 2.13. The summed E-state index contributed by atoms with van der Waals surface area (Å²) in [6, 6.07) is 0. The van der Waals surface area contributed by atoms with Crippen LogP contribution in [0.2, 0.25) is 0 Å². The first-order valence-electron chi connectivity index (χ1n) is 3.48. The van der Waals surface area contributed by atoms with Gasteiger partial charge in [-0.3, -0.25) is 5.10 Å². The Morgan fingerprint density at radius 2 is 2.45 bits per heavy atom. The van der Waals surface area contributed by atoms with Gasteiger partial charge in [0.05, 0.1) is 18.8 Å². The van der Waals surface area contributed by atoms with Gasteiger partial charge in [-0.05, 0) is 10.1 Å². The molecule has 54 valence electrons. The molecule has 0 atom stereocenters. The Labute approximate surface area is 72.2 Å². The molecule has 0 amide bonds. The average molecular weight is 162 g/mol. The first-order valence-corrected chi connectivity index (χ1v) is 4.48. The van der Waals surface area contributed by atoms with Crippen molar-refractivity contribution >= 4 is 20.8 Å². The lowest BCUT2D eigenvalue weighted by molar-refractivity contribution is 0.412. The van der Waals surface area contributed by atoms with Crippen LogP contribution in [0.4, 0.5) is 0 Å². The van der Waals surface area contributed by atoms with Gasteiger partial charge in [-0.15, -0.1) is 0 Å². The Morgan fingerprint density at radius 3 is 3.09 bits per heavy atom. The van der Waals surface area contributed by atoms with Gasteiger partial charge in [-0.1, -0.05) is 0 Å². The Kier molecular flexibility index (Phi) is 1.39. The molecule has 0 fully saturated rings. The molecule has 5 heteroatoms. The highest BCUT2D eigenvalue weighted by Gasteiger charge is 2.20. The Hall–Kier alpha value is -0.968. The average Bonchev–Trinajstić information content (AvgIpc) is 2.53. The maximum Gasteiger partial charge on any atom is 0.293 e. The summed E-state index contributed by atoms with van der Waals surface area (Å²) in [4.78, 5) is 1.73. The van der Waals surface area contributed by atoms with Gasteiger partial charge in [-0.2, -0.15) is 10.4 Å². The summed E-state index contributed by atoms with van der Waals surface area (Å²) in [5.74, 6) is 0. The molecule has 0 bridgehead atoms. The van der Waals surface area contributed by atoms with Crippen LogP contribution in [-0.2, 0) is 13.1 Å². The van der Waals surface area contributed by atoms with Crippen LogP contribution in [0.15, 0.2) is 0 Å². The van der Waals surface area contributed by atoms with Gasteiger partial charge in [0.2, 0.25) is 0 Å². The fourth-order valence-electron chi connectivity index (χ4n) is 1.35. The molecule has 0 aromatic carbocycles. The quantitative estimate of drug-likeness (QED) is 0.372. The second kappa shape index (κ2) is 2.27. The maximum atomic E-state index is 8.60. The van der Waals surface area contributed by atoms with E-state index >= 15 is 0 Å². The number of rotatable bonds is 0. The summed E-state index contributed by atoms with van der Waals surface area (Å²) >= 11 is 0.961. The van der Waals surface area contributed by atoms with E-state index in [1.807, 2.05) is 0 Å². The van der Waals surface area contributed by atoms with Crippen molar-refractivity contribution in [1.29, 1.82) is 5.26 Å². The maximum absolute atomic E-state index is 8.60. The van der Waals surface area contributed by atoms with Crippen LogP contribution in [-0.4, -0.2) is 31.4 Å². The number of nitrogens with one attached hydrogen (secondary N) is 1. The number of aromatic amines is 1. The smallest absolute Gasteiger partial charge is 0.293 e. The van der Waals surface area contributed by atoms with E-state index < -0.39 is 0 Å². The van der Waals surface area contributed by atoms with Crippen LogP contribution in [0.1, 0.15) is 11.3 Å². The number of hydrogen-bond acceptors (Lipinski definition) is 3. The van der Waals surface area contributed by atoms with Gasteiger partial charge in [0, 0.05) is 0 Å². The summed E-state index contributed by atoms with van der Waals surface area (Å²) < 4.78 is 1.15. The normalized spacial score (nSPS) is 14.6. The first-order chi connectivity index (χ1) is 5.31. The van der Waals surface area contributed by atoms with Gasteiger partial charge < -0.3 is 4.90 Å². The molecule has 0 saturated heterocycles. The van der Waals surface area contributed by atoms with Crippen LogP contribution in [0, 0.1) is 11.5 Å². The molecule has 1 aromatic heterocycles. The molecule has 2 rings (SSSR count). The monoisotopic (exact) mass is 162 g/mol. The lowest BCUT2D eigenvalue weighted by atomic mass is 10.3. The molecule has 2 heterocycles. The molecule has 0 spiro atoms. The van der Waals surface area contributed by atoms with Crippen LogP contribution < -0.4 is 4.56 Å². The molecule has 11 heavy (non-hydrogen) atoms. The third-order valence-electron chi connectivity index (χ3n) is 2.00. The van der Waals surface area contributed by atoms with E-state index in [1.54, 1.807) is 4.90 Å². The van der Waals surface area contributed by atoms with Gasteiger partial charge in [-0.25, -0.2) is 0 Å². The van der Waals surface area contributed by atoms with Crippen LogP contribution in [0.25, 0.3) is 0 Å². The van der Waals surface area contributed by atoms with Gasteiger partial charge >= 0.3 is 0 Å². The van der Waals surface area contributed by atoms with Crippen molar-refractivity contribution in [2.75, 3.05) is 0 Å². The molecule has 1 aromatic rings. The highest BCUT2D eigenvalue weighted by Crippen LogP contribution is 2.16. The number of aromatic nitrogens is 2. The third-order valence-corrected chi connectivity index (χ3v) is 2.83. The summed E-state index contributed by atoms with van der Waals surface area (Å²) in [5.41, 5.74) is 2.37. The lowest BCUT2D eigenvalue weighted by Gasteiger charge is -2.03. The minimum Gasteiger partial charge on any atom is -0.300 e. The number of fused-ring (bicyclic) bond motifs is 1. The van der Waals surface area contributed by atoms with E-state index in [9.17, 15) is 0 Å². The van der Waals surface area contributed by atoms with Crippen molar-refractivity contribution in [3.05, 3.63) is 11.3 Å². The SMILES string of the molecule is N#CN1Cc2[nH]n[c]([AlH2])c2C1. The highest BCUT2D eigenvalue weighted by atomic mass is 27.0. The van der Waals surface area contributed by atoms with Gasteiger partial charge in [0.25, 0.3) is 16.3 Å². The van der Waals surface area contributed by atoms with Gasteiger partial charge in [0.1, 0.15) is 0 Å². The zero-order chi connectivity index (χ0) is 7.84. The van der Waals surface area contributed by atoms with Gasteiger partial charge in [0.15, 0.2) is 6.19 Å². The zero-order valence-corrected chi connectivity index (χ0v) is 8.26. The first kappa shape index (κ1) is 6.72. The summed E-state index contributed by atoms with van der Waals surface area (Å²) in [5, 5.41) is 15.7. The Balaban J connectivity index is 2.36. The second-order valence-electron chi connectivity index (χ2n) is 2.72. The number of H-pyrrole nitrogens is 1. The minimum absolute atomic E-state index is 0.709. The molecule has 1 N–H and O–H groups in total. The van der Waals surface area contributed by atoms with E-state index in [0.29, 0.717) is 6.54 Å². The number of nitrogens with zero attached hydrogens (tertiary/aromatic N) is 3. The topological polar surface area (TPSA) is 55.7 Å². The standard InChI is InChI=1S/C6H5N4.Al.2H/c7-4-10-2-5-1-8-9-6(5)3-10;;;/h2-3H2,(H,8,9);;;. The van der Waals surface area contributed by atoms with Crippen molar-refractivity contribution in [3.63, 3.8) is 0 Å². The van der Waals surface area contributed by atoms with E-state index in [1.165, 1.54) is 5.56 Å². The molecular formula is C6H7AlN4. The minimum atomic E-state index is 0.709. The molecule has 4 nitrogen and oxygen atoms in total. The fraction of sp³-hybridized carbons (Fsp3) is 0.333. The van der Waals surface area contributed by atoms with Crippen LogP contribution in [0.5, 0.6) is 0 Å². The molecule has 1 aliphatic rings. The van der Waals surface area contributed by atoms with Crippen molar-refractivity contribution in [2.24, 2.45) is 0 Å². The number of hydrogen-bond donors (Lipinski definition) is 1. The fourth-order valence-corrected chi connectivity index (χ4v) is 1.93. The predicted octanol–water partition coefficient (Wildman–Crippen LogP) is -1.54. The van der Waals surface area contributed by atoms with E-state index in [2.05, 4.69) is 16.4 Å². The molecule has 0 unspecified atom stereocenters. The largest absolute Gasteiger partial charge is 0.300 e. The summed E-state index contributed by atoms with van der Waals surface area (Å²) in [7, 11) is 0. The van der Waals surface area contributed by atoms with Crippen LogP contribution in [0.3, 0.4) is 0 Å². The van der Waals surface area contributed by atoms with E-state index in [4.69, 9.17) is 5.26 Å². The lowest BCUT2D eigenvalue weighted by Crippen LogP contribution is -2.14. The van der Waals surface area contributed by atoms with Crippen molar-refractivity contribution in [2.45, 2.75) is 13.1 Å². The molecule has 0 saturated carbocycles. The van der Waals surface area contributed by atoms with Crippen LogP contribution >= 0.6 is 0 Å². The summed E-state index contributed by atoms with van der Waals surface area (Å²) in [6.45, 7) is 1.46. The molecular weight excluding hydrogens is 155 g/mol. The highest BCUT2D eigenvalue weighted by molar-refractivity contribution is 6.31. The van der Waals surface area contributed by atoms with Crippen molar-refractivity contribution in [1.82, 2.24) is 15.1 Å². The Bertz CT molecular complexity index is 324. The Morgan fingerprint density at radius 1 is 1.64 bits per heavy atom. The molecule has 0 radical (unpaired) electrons. The van der Waals surface area contributed by atoms with E-state index in [0.717, 1.165) is 33.1 Å².